The molecule has 112 valence electrons. The topological polar surface area (TPSA) is 93.5 Å². The van der Waals surface area contributed by atoms with Gasteiger partial charge in [-0.1, -0.05) is 0 Å². The summed E-state index contributed by atoms with van der Waals surface area (Å²) in [6.07, 6.45) is 3.45. The minimum Gasteiger partial charge on any atom is -0.482 e. The fraction of sp³-hybridized carbons (Fsp3) is 0.467. The second-order valence-corrected chi connectivity index (χ2v) is 5.65. The van der Waals surface area contributed by atoms with E-state index in [1.54, 1.807) is 18.2 Å². The summed E-state index contributed by atoms with van der Waals surface area (Å²) >= 11 is 0. The number of ether oxygens (including phenoxy) is 1. The Morgan fingerprint density at radius 3 is 2.81 bits per heavy atom. The average molecular weight is 289 g/mol. The first kappa shape index (κ1) is 13.9. The van der Waals surface area contributed by atoms with Gasteiger partial charge in [0.05, 0.1) is 5.69 Å². The quantitative estimate of drug-likeness (QED) is 0.768. The lowest BCUT2D eigenvalue weighted by atomic mass is 9.86. The van der Waals surface area contributed by atoms with Crippen molar-refractivity contribution >= 4 is 23.2 Å². The standard InChI is InChI=1S/C15H19N3O3/c16-10-3-1-9(2-4-10)15(20)17-11-5-6-13-12(7-11)18-14(19)8-21-13/h5-7,9-10H,1-4,8,16H2,(H,17,20)(H,18,19). The fourth-order valence-corrected chi connectivity index (χ4v) is 2.79. The van der Waals surface area contributed by atoms with Crippen molar-refractivity contribution in [1.29, 1.82) is 0 Å². The Balaban J connectivity index is 1.66. The fourth-order valence-electron chi connectivity index (χ4n) is 2.79. The van der Waals surface area contributed by atoms with Gasteiger partial charge in [0.25, 0.3) is 5.91 Å². The SMILES string of the molecule is NC1CCC(C(=O)Nc2ccc3c(c2)NC(=O)CO3)CC1. The Morgan fingerprint density at radius 1 is 1.29 bits per heavy atom. The second-order valence-electron chi connectivity index (χ2n) is 5.65. The summed E-state index contributed by atoms with van der Waals surface area (Å²) < 4.78 is 5.29. The molecule has 1 aliphatic carbocycles. The van der Waals surface area contributed by atoms with Gasteiger partial charge in [-0.15, -0.1) is 0 Å². The molecule has 6 heteroatoms. The van der Waals surface area contributed by atoms with E-state index in [4.69, 9.17) is 10.5 Å². The van der Waals surface area contributed by atoms with Gasteiger partial charge >= 0.3 is 0 Å². The molecule has 6 nitrogen and oxygen atoms in total. The molecule has 1 saturated carbocycles. The Kier molecular flexibility index (Phi) is 3.79. The minimum absolute atomic E-state index is 0.0184. The largest absolute Gasteiger partial charge is 0.482 e. The summed E-state index contributed by atoms with van der Waals surface area (Å²) in [6.45, 7) is 0.0288. The van der Waals surface area contributed by atoms with Crippen LogP contribution in [0.3, 0.4) is 0 Å². The first-order chi connectivity index (χ1) is 10.1. The van der Waals surface area contributed by atoms with E-state index < -0.39 is 0 Å². The number of hydrogen-bond acceptors (Lipinski definition) is 4. The molecule has 1 fully saturated rings. The lowest BCUT2D eigenvalue weighted by Crippen LogP contribution is -2.32. The van der Waals surface area contributed by atoms with E-state index in [0.717, 1.165) is 25.7 Å². The van der Waals surface area contributed by atoms with E-state index in [2.05, 4.69) is 10.6 Å². The lowest BCUT2D eigenvalue weighted by molar-refractivity contribution is -0.121. The van der Waals surface area contributed by atoms with Crippen molar-refractivity contribution in [3.05, 3.63) is 18.2 Å². The molecule has 0 bridgehead atoms. The van der Waals surface area contributed by atoms with E-state index in [0.29, 0.717) is 17.1 Å². The zero-order chi connectivity index (χ0) is 14.8. The van der Waals surface area contributed by atoms with Gasteiger partial charge in [-0.3, -0.25) is 9.59 Å². The number of nitrogens with one attached hydrogen (secondary N) is 2. The van der Waals surface area contributed by atoms with Gasteiger partial charge in [-0.05, 0) is 43.9 Å². The van der Waals surface area contributed by atoms with E-state index in [9.17, 15) is 9.59 Å². The van der Waals surface area contributed by atoms with Crippen LogP contribution in [0.1, 0.15) is 25.7 Å². The predicted molar refractivity (Wildman–Crippen MR) is 79.1 cm³/mol. The molecule has 0 unspecified atom stereocenters. The van der Waals surface area contributed by atoms with E-state index in [-0.39, 0.29) is 30.4 Å². The number of hydrogen-bond donors (Lipinski definition) is 3. The normalized spacial score (nSPS) is 24.5. The molecule has 2 aliphatic rings. The number of anilines is 2. The predicted octanol–water partition coefficient (Wildman–Crippen LogP) is 1.47. The zero-order valence-corrected chi connectivity index (χ0v) is 11.7. The molecule has 2 amide bonds. The summed E-state index contributed by atoms with van der Waals surface area (Å²) in [5.74, 6) is 0.472. The van der Waals surface area contributed by atoms with E-state index in [1.807, 2.05) is 0 Å². The van der Waals surface area contributed by atoms with Gasteiger partial charge in [0, 0.05) is 17.6 Å². The zero-order valence-electron chi connectivity index (χ0n) is 11.7. The van der Waals surface area contributed by atoms with Crippen LogP contribution < -0.4 is 21.1 Å². The van der Waals surface area contributed by atoms with Gasteiger partial charge < -0.3 is 21.1 Å². The molecule has 1 aliphatic heterocycles. The highest BCUT2D eigenvalue weighted by Gasteiger charge is 2.25. The lowest BCUT2D eigenvalue weighted by Gasteiger charge is -2.25. The first-order valence-electron chi connectivity index (χ1n) is 7.25. The smallest absolute Gasteiger partial charge is 0.262 e. The molecule has 1 aromatic rings. The van der Waals surface area contributed by atoms with Crippen LogP contribution in [0, 0.1) is 5.92 Å². The van der Waals surface area contributed by atoms with E-state index in [1.165, 1.54) is 0 Å². The molecule has 0 radical (unpaired) electrons. The molecule has 0 spiro atoms. The van der Waals surface area contributed by atoms with Crippen molar-refractivity contribution < 1.29 is 14.3 Å². The average Bonchev–Trinajstić information content (AvgIpc) is 2.47. The van der Waals surface area contributed by atoms with Crippen LogP contribution in [0.2, 0.25) is 0 Å². The van der Waals surface area contributed by atoms with Crippen LogP contribution in [0.5, 0.6) is 5.75 Å². The molecule has 4 N–H and O–H groups in total. The van der Waals surface area contributed by atoms with Gasteiger partial charge in [0.1, 0.15) is 5.75 Å². The number of nitrogens with two attached hydrogens (primary N) is 1. The van der Waals surface area contributed by atoms with Gasteiger partial charge in [0.15, 0.2) is 6.61 Å². The van der Waals surface area contributed by atoms with Gasteiger partial charge in [-0.25, -0.2) is 0 Å². The number of carbonyl (C=O) groups excluding carboxylic acids is 2. The van der Waals surface area contributed by atoms with Crippen LogP contribution in [0.15, 0.2) is 18.2 Å². The van der Waals surface area contributed by atoms with Crippen LogP contribution in [-0.4, -0.2) is 24.5 Å². The van der Waals surface area contributed by atoms with Crippen molar-refractivity contribution in [1.82, 2.24) is 0 Å². The molecule has 1 heterocycles. The van der Waals surface area contributed by atoms with Crippen molar-refractivity contribution in [2.45, 2.75) is 31.7 Å². The van der Waals surface area contributed by atoms with Crippen LogP contribution in [-0.2, 0) is 9.59 Å². The molecule has 0 aromatic heterocycles. The third kappa shape index (κ3) is 3.16. The van der Waals surface area contributed by atoms with Crippen molar-refractivity contribution in [2.75, 3.05) is 17.2 Å². The van der Waals surface area contributed by atoms with Crippen molar-refractivity contribution in [2.24, 2.45) is 11.7 Å². The molecular weight excluding hydrogens is 270 g/mol. The Morgan fingerprint density at radius 2 is 2.05 bits per heavy atom. The number of fused-ring (bicyclic) bond motifs is 1. The maximum Gasteiger partial charge on any atom is 0.262 e. The van der Waals surface area contributed by atoms with Gasteiger partial charge in [-0.2, -0.15) is 0 Å². The second kappa shape index (κ2) is 5.73. The third-order valence-electron chi connectivity index (χ3n) is 4.02. The maximum atomic E-state index is 12.2. The number of carbonyl (C=O) groups is 2. The first-order valence-corrected chi connectivity index (χ1v) is 7.25. The van der Waals surface area contributed by atoms with Gasteiger partial charge in [0.2, 0.25) is 5.91 Å². The Hall–Kier alpha value is -2.08. The monoisotopic (exact) mass is 289 g/mol. The van der Waals surface area contributed by atoms with Crippen LogP contribution >= 0.6 is 0 Å². The molecular formula is C15H19N3O3. The minimum atomic E-state index is -0.188. The molecule has 0 atom stereocenters. The number of rotatable bonds is 2. The van der Waals surface area contributed by atoms with Crippen molar-refractivity contribution in [3.8, 4) is 5.75 Å². The summed E-state index contributed by atoms with van der Waals surface area (Å²) in [6, 6.07) is 5.48. The summed E-state index contributed by atoms with van der Waals surface area (Å²) in [7, 11) is 0. The number of benzene rings is 1. The summed E-state index contributed by atoms with van der Waals surface area (Å²) in [5, 5.41) is 5.63. The highest BCUT2D eigenvalue weighted by Crippen LogP contribution is 2.31. The number of amides is 2. The molecule has 0 saturated heterocycles. The Bertz CT molecular complexity index is 565. The maximum absolute atomic E-state index is 12.2. The Labute approximate surface area is 123 Å². The molecule has 1 aromatic carbocycles. The highest BCUT2D eigenvalue weighted by atomic mass is 16.5. The summed E-state index contributed by atoms with van der Waals surface area (Å²) in [4.78, 5) is 23.5. The third-order valence-corrected chi connectivity index (χ3v) is 4.02. The molecule has 3 rings (SSSR count). The van der Waals surface area contributed by atoms with Crippen LogP contribution in [0.4, 0.5) is 11.4 Å². The molecule has 21 heavy (non-hydrogen) atoms. The summed E-state index contributed by atoms with van der Waals surface area (Å²) in [5.41, 5.74) is 7.11. The van der Waals surface area contributed by atoms with Crippen LogP contribution in [0.25, 0.3) is 0 Å². The highest BCUT2D eigenvalue weighted by molar-refractivity contribution is 5.98. The van der Waals surface area contributed by atoms with Crippen molar-refractivity contribution in [3.63, 3.8) is 0 Å². The van der Waals surface area contributed by atoms with E-state index >= 15 is 0 Å².